The third kappa shape index (κ3) is 1.82. The van der Waals surface area contributed by atoms with E-state index in [4.69, 9.17) is 0 Å². The minimum Gasteiger partial charge on any atom is -0.391 e. The quantitative estimate of drug-likeness (QED) is 0.832. The molecule has 1 aliphatic rings. The van der Waals surface area contributed by atoms with Gasteiger partial charge in [-0.2, -0.15) is 0 Å². The molecule has 1 aromatic heterocycles. The van der Waals surface area contributed by atoms with Crippen molar-refractivity contribution in [2.24, 2.45) is 0 Å². The van der Waals surface area contributed by atoms with Crippen molar-refractivity contribution in [3.05, 3.63) is 30.5 Å². The maximum Gasteiger partial charge on any atom is 0.148 e. The summed E-state index contributed by atoms with van der Waals surface area (Å²) in [5, 5.41) is 9.82. The zero-order valence-corrected chi connectivity index (χ0v) is 10.7. The number of hydrogen-bond donors (Lipinski definition) is 1. The molecule has 3 rings (SSSR count). The number of nitrogens with zero attached hydrogens (tertiary/aromatic N) is 3. The van der Waals surface area contributed by atoms with E-state index in [1.54, 1.807) is 6.20 Å². The number of anilines is 1. The summed E-state index contributed by atoms with van der Waals surface area (Å²) in [6.45, 7) is 4.88. The topological polar surface area (TPSA) is 49.2 Å². The van der Waals surface area contributed by atoms with Crippen molar-refractivity contribution in [1.29, 1.82) is 0 Å². The van der Waals surface area contributed by atoms with Crippen molar-refractivity contribution in [3.8, 4) is 0 Å². The normalized spacial score (nSPS) is 22.6. The van der Waals surface area contributed by atoms with Crippen LogP contribution in [0.25, 0.3) is 11.0 Å². The number of β-amino-alcohol motifs (C(OH)–C–C–N with tert-alkyl or cyclic N) is 1. The van der Waals surface area contributed by atoms with E-state index in [0.29, 0.717) is 6.54 Å². The lowest BCUT2D eigenvalue weighted by Crippen LogP contribution is -2.38. The molecule has 0 spiro atoms. The fourth-order valence-corrected chi connectivity index (χ4v) is 2.69. The van der Waals surface area contributed by atoms with Crippen LogP contribution in [0.1, 0.15) is 20.3 Å². The second-order valence-electron chi connectivity index (χ2n) is 5.50. The molecule has 1 aromatic carbocycles. The largest absolute Gasteiger partial charge is 0.391 e. The molecule has 0 bridgehead atoms. The number of hydrogen-bond acceptors (Lipinski definition) is 4. The SMILES string of the molecule is CC1(C)CC(O)CN1c1cnc2ccccc2n1. The highest BCUT2D eigenvalue weighted by Crippen LogP contribution is 2.32. The number of fused-ring (bicyclic) bond motifs is 1. The molecule has 4 heteroatoms. The molecule has 1 fully saturated rings. The first-order valence-corrected chi connectivity index (χ1v) is 6.24. The van der Waals surface area contributed by atoms with Gasteiger partial charge in [0.25, 0.3) is 0 Å². The van der Waals surface area contributed by atoms with Crippen LogP contribution in [-0.4, -0.2) is 33.3 Å². The van der Waals surface area contributed by atoms with Crippen LogP contribution in [0.2, 0.25) is 0 Å². The van der Waals surface area contributed by atoms with E-state index in [-0.39, 0.29) is 11.6 Å². The summed E-state index contributed by atoms with van der Waals surface area (Å²) in [5.41, 5.74) is 1.72. The van der Waals surface area contributed by atoms with Crippen LogP contribution in [-0.2, 0) is 0 Å². The van der Waals surface area contributed by atoms with Crippen LogP contribution in [0, 0.1) is 0 Å². The Hall–Kier alpha value is -1.68. The molecule has 2 aromatic rings. The standard InChI is InChI=1S/C14H17N3O/c1-14(2)7-10(18)9-17(14)13-8-15-11-5-3-4-6-12(11)16-13/h3-6,8,10,18H,7,9H2,1-2H3. The van der Waals surface area contributed by atoms with Crippen LogP contribution >= 0.6 is 0 Å². The van der Waals surface area contributed by atoms with Crippen LogP contribution in [0.3, 0.4) is 0 Å². The van der Waals surface area contributed by atoms with Crippen LogP contribution in [0.5, 0.6) is 0 Å². The Morgan fingerprint density at radius 3 is 2.67 bits per heavy atom. The summed E-state index contributed by atoms with van der Waals surface area (Å²) in [6, 6.07) is 7.84. The van der Waals surface area contributed by atoms with Gasteiger partial charge >= 0.3 is 0 Å². The molecule has 1 unspecified atom stereocenters. The van der Waals surface area contributed by atoms with Gasteiger partial charge in [-0.15, -0.1) is 0 Å². The first-order valence-electron chi connectivity index (χ1n) is 6.24. The molecule has 2 heterocycles. The highest BCUT2D eigenvalue weighted by atomic mass is 16.3. The number of benzene rings is 1. The van der Waals surface area contributed by atoms with E-state index in [2.05, 4.69) is 28.7 Å². The van der Waals surface area contributed by atoms with E-state index in [9.17, 15) is 5.11 Å². The Morgan fingerprint density at radius 2 is 2.00 bits per heavy atom. The van der Waals surface area contributed by atoms with Gasteiger partial charge < -0.3 is 10.0 Å². The number of aromatic nitrogens is 2. The lowest BCUT2D eigenvalue weighted by atomic mass is 10.0. The van der Waals surface area contributed by atoms with Gasteiger partial charge in [-0.1, -0.05) is 12.1 Å². The van der Waals surface area contributed by atoms with Crippen molar-refractivity contribution in [2.45, 2.75) is 31.9 Å². The van der Waals surface area contributed by atoms with E-state index in [1.165, 1.54) is 0 Å². The van der Waals surface area contributed by atoms with Gasteiger partial charge in [-0.05, 0) is 32.4 Å². The third-order valence-electron chi connectivity index (χ3n) is 3.57. The average Bonchev–Trinajstić information content (AvgIpc) is 2.62. The first kappa shape index (κ1) is 11.4. The summed E-state index contributed by atoms with van der Waals surface area (Å²) in [6.07, 6.45) is 2.28. The van der Waals surface area contributed by atoms with Gasteiger partial charge in [-0.3, -0.25) is 4.98 Å². The molecule has 0 amide bonds. The van der Waals surface area contributed by atoms with Crippen molar-refractivity contribution in [1.82, 2.24) is 9.97 Å². The Labute approximate surface area is 106 Å². The fraction of sp³-hybridized carbons (Fsp3) is 0.429. The Bertz CT molecular complexity index is 582. The van der Waals surface area contributed by atoms with Gasteiger partial charge in [0.05, 0.1) is 23.3 Å². The summed E-state index contributed by atoms with van der Waals surface area (Å²) >= 11 is 0. The average molecular weight is 243 g/mol. The predicted octanol–water partition coefficient (Wildman–Crippen LogP) is 1.98. The fourth-order valence-electron chi connectivity index (χ4n) is 2.69. The zero-order valence-electron chi connectivity index (χ0n) is 10.7. The minimum absolute atomic E-state index is 0.0729. The van der Waals surface area contributed by atoms with Crippen molar-refractivity contribution >= 4 is 16.9 Å². The molecule has 0 aliphatic carbocycles. The monoisotopic (exact) mass is 243 g/mol. The molecule has 94 valence electrons. The summed E-state index contributed by atoms with van der Waals surface area (Å²) in [4.78, 5) is 11.2. The van der Waals surface area contributed by atoms with E-state index >= 15 is 0 Å². The maximum absolute atomic E-state index is 9.82. The number of aliphatic hydroxyl groups excluding tert-OH is 1. The van der Waals surface area contributed by atoms with Crippen LogP contribution < -0.4 is 4.90 Å². The van der Waals surface area contributed by atoms with Gasteiger partial charge in [0.1, 0.15) is 5.82 Å². The van der Waals surface area contributed by atoms with Gasteiger partial charge in [0, 0.05) is 12.1 Å². The Morgan fingerprint density at radius 1 is 1.28 bits per heavy atom. The van der Waals surface area contributed by atoms with Gasteiger partial charge in [0.15, 0.2) is 0 Å². The number of rotatable bonds is 1. The lowest BCUT2D eigenvalue weighted by Gasteiger charge is -2.32. The highest BCUT2D eigenvalue weighted by molar-refractivity contribution is 5.75. The lowest BCUT2D eigenvalue weighted by molar-refractivity contribution is 0.188. The molecular formula is C14H17N3O. The van der Waals surface area contributed by atoms with Crippen molar-refractivity contribution < 1.29 is 5.11 Å². The summed E-state index contributed by atoms with van der Waals surface area (Å²) in [5.74, 6) is 0.843. The molecule has 1 saturated heterocycles. The molecule has 1 N–H and O–H groups in total. The molecule has 0 radical (unpaired) electrons. The van der Waals surface area contributed by atoms with Crippen molar-refractivity contribution in [2.75, 3.05) is 11.4 Å². The second-order valence-corrected chi connectivity index (χ2v) is 5.50. The van der Waals surface area contributed by atoms with Gasteiger partial charge in [0.2, 0.25) is 0 Å². The van der Waals surface area contributed by atoms with E-state index in [0.717, 1.165) is 23.3 Å². The summed E-state index contributed by atoms with van der Waals surface area (Å²) in [7, 11) is 0. The minimum atomic E-state index is -0.284. The molecule has 1 aliphatic heterocycles. The van der Waals surface area contributed by atoms with Crippen molar-refractivity contribution in [3.63, 3.8) is 0 Å². The Balaban J connectivity index is 2.04. The highest BCUT2D eigenvalue weighted by Gasteiger charge is 2.38. The number of aliphatic hydroxyl groups is 1. The van der Waals surface area contributed by atoms with Crippen LogP contribution in [0.4, 0.5) is 5.82 Å². The molecule has 18 heavy (non-hydrogen) atoms. The smallest absolute Gasteiger partial charge is 0.148 e. The molecule has 0 saturated carbocycles. The van der Waals surface area contributed by atoms with E-state index < -0.39 is 0 Å². The van der Waals surface area contributed by atoms with E-state index in [1.807, 2.05) is 24.3 Å². The second kappa shape index (κ2) is 3.92. The molecule has 1 atom stereocenters. The molecular weight excluding hydrogens is 226 g/mol. The predicted molar refractivity (Wildman–Crippen MR) is 71.6 cm³/mol. The molecule has 4 nitrogen and oxygen atoms in total. The third-order valence-corrected chi connectivity index (χ3v) is 3.57. The zero-order chi connectivity index (χ0) is 12.8. The number of para-hydroxylation sites is 2. The van der Waals surface area contributed by atoms with Gasteiger partial charge in [-0.25, -0.2) is 4.98 Å². The maximum atomic E-state index is 9.82. The Kier molecular flexibility index (Phi) is 2.48. The summed E-state index contributed by atoms with van der Waals surface area (Å²) < 4.78 is 0. The first-order chi connectivity index (χ1) is 8.56. The van der Waals surface area contributed by atoms with Crippen LogP contribution in [0.15, 0.2) is 30.5 Å².